The highest BCUT2D eigenvalue weighted by Gasteiger charge is 2.02. The Labute approximate surface area is 111 Å². The number of para-hydroxylation sites is 1. The molecule has 0 fully saturated rings. The van der Waals surface area contributed by atoms with Gasteiger partial charge in [0.25, 0.3) is 0 Å². The van der Waals surface area contributed by atoms with Crippen LogP contribution < -0.4 is 16.2 Å². The molecular formula is C14H16N4O. The Kier molecular flexibility index (Phi) is 3.97. The SMILES string of the molecule is CCOc1ccccc1N=Nc1ccc(N)cc1N. The van der Waals surface area contributed by atoms with Gasteiger partial charge in [-0.15, -0.1) is 10.2 Å². The third-order valence-electron chi connectivity index (χ3n) is 2.48. The van der Waals surface area contributed by atoms with Crippen LogP contribution in [0.3, 0.4) is 0 Å². The van der Waals surface area contributed by atoms with Crippen LogP contribution in [0.25, 0.3) is 0 Å². The molecule has 2 aromatic rings. The van der Waals surface area contributed by atoms with Crippen LogP contribution in [0, 0.1) is 0 Å². The average molecular weight is 256 g/mol. The van der Waals surface area contributed by atoms with Crippen molar-refractivity contribution in [3.63, 3.8) is 0 Å². The summed E-state index contributed by atoms with van der Waals surface area (Å²) in [5.74, 6) is 0.697. The molecule has 0 saturated carbocycles. The van der Waals surface area contributed by atoms with Gasteiger partial charge in [-0.3, -0.25) is 0 Å². The first-order valence-corrected chi connectivity index (χ1v) is 5.99. The van der Waals surface area contributed by atoms with Crippen molar-refractivity contribution >= 4 is 22.7 Å². The first-order valence-electron chi connectivity index (χ1n) is 5.99. The van der Waals surface area contributed by atoms with Crippen LogP contribution in [0.5, 0.6) is 5.75 Å². The maximum atomic E-state index is 5.82. The molecular weight excluding hydrogens is 240 g/mol. The zero-order chi connectivity index (χ0) is 13.7. The average Bonchev–Trinajstić information content (AvgIpc) is 2.40. The number of benzene rings is 2. The summed E-state index contributed by atoms with van der Waals surface area (Å²) in [4.78, 5) is 0. The third-order valence-corrected chi connectivity index (χ3v) is 2.48. The van der Waals surface area contributed by atoms with Crippen molar-refractivity contribution in [3.05, 3.63) is 42.5 Å². The molecule has 0 bridgehead atoms. The fourth-order valence-corrected chi connectivity index (χ4v) is 1.59. The lowest BCUT2D eigenvalue weighted by Gasteiger charge is -2.05. The van der Waals surface area contributed by atoms with Crippen LogP contribution in [-0.2, 0) is 0 Å². The fraction of sp³-hybridized carbons (Fsp3) is 0.143. The fourth-order valence-electron chi connectivity index (χ4n) is 1.59. The Morgan fingerprint density at radius 1 is 1.00 bits per heavy atom. The maximum absolute atomic E-state index is 5.82. The summed E-state index contributed by atoms with van der Waals surface area (Å²) < 4.78 is 5.47. The van der Waals surface area contributed by atoms with Crippen LogP contribution >= 0.6 is 0 Å². The number of nitrogens with zero attached hydrogens (tertiary/aromatic N) is 2. The summed E-state index contributed by atoms with van der Waals surface area (Å²) in [7, 11) is 0. The van der Waals surface area contributed by atoms with Crippen LogP contribution in [0.15, 0.2) is 52.7 Å². The van der Waals surface area contributed by atoms with Crippen LogP contribution in [0.4, 0.5) is 22.7 Å². The van der Waals surface area contributed by atoms with Crippen molar-refractivity contribution < 1.29 is 4.74 Å². The molecule has 0 heterocycles. The zero-order valence-corrected chi connectivity index (χ0v) is 10.7. The van der Waals surface area contributed by atoms with Gasteiger partial charge in [0.05, 0.1) is 12.3 Å². The van der Waals surface area contributed by atoms with Crippen molar-refractivity contribution in [2.24, 2.45) is 10.2 Å². The Bertz CT molecular complexity index is 596. The minimum absolute atomic E-state index is 0.498. The normalized spacial score (nSPS) is 10.8. The van der Waals surface area contributed by atoms with E-state index in [1.54, 1.807) is 18.2 Å². The van der Waals surface area contributed by atoms with Gasteiger partial charge in [0.2, 0.25) is 0 Å². The summed E-state index contributed by atoms with van der Waals surface area (Å²) in [6.45, 7) is 2.50. The van der Waals surface area contributed by atoms with Crippen LogP contribution in [-0.4, -0.2) is 6.61 Å². The minimum Gasteiger partial charge on any atom is -0.492 e. The van der Waals surface area contributed by atoms with Gasteiger partial charge in [-0.25, -0.2) is 0 Å². The predicted octanol–water partition coefficient (Wildman–Crippen LogP) is 3.67. The first kappa shape index (κ1) is 12.9. The number of hydrogen-bond acceptors (Lipinski definition) is 5. The summed E-state index contributed by atoms with van der Waals surface area (Å²) in [6, 6.07) is 12.6. The van der Waals surface area contributed by atoms with Gasteiger partial charge in [-0.05, 0) is 37.3 Å². The standard InChI is InChI=1S/C14H16N4O/c1-2-19-14-6-4-3-5-13(14)18-17-12-8-7-10(15)9-11(12)16/h3-9H,2,15-16H2,1H3. The quantitative estimate of drug-likeness (QED) is 0.646. The van der Waals surface area contributed by atoms with Crippen LogP contribution in [0.1, 0.15) is 6.92 Å². The largest absolute Gasteiger partial charge is 0.492 e. The number of azo groups is 1. The number of nitrogens with two attached hydrogens (primary N) is 2. The van der Waals surface area contributed by atoms with Crippen molar-refractivity contribution in [3.8, 4) is 5.75 Å². The van der Waals surface area contributed by atoms with Crippen LogP contribution in [0.2, 0.25) is 0 Å². The number of nitrogen functional groups attached to an aromatic ring is 2. The second kappa shape index (κ2) is 5.86. The predicted molar refractivity (Wildman–Crippen MR) is 77.1 cm³/mol. The highest BCUT2D eigenvalue weighted by Crippen LogP contribution is 2.30. The molecule has 0 unspecified atom stereocenters. The summed E-state index contributed by atoms with van der Waals surface area (Å²) >= 11 is 0. The molecule has 98 valence electrons. The van der Waals surface area contributed by atoms with Gasteiger partial charge in [0.15, 0.2) is 0 Å². The van der Waals surface area contributed by atoms with Gasteiger partial charge in [0, 0.05) is 5.69 Å². The molecule has 4 N–H and O–H groups in total. The van der Waals surface area contributed by atoms with Gasteiger partial charge < -0.3 is 16.2 Å². The topological polar surface area (TPSA) is 86.0 Å². The first-order chi connectivity index (χ1) is 9.20. The zero-order valence-electron chi connectivity index (χ0n) is 10.7. The van der Waals surface area contributed by atoms with E-state index in [2.05, 4.69) is 10.2 Å². The second-order valence-corrected chi connectivity index (χ2v) is 3.92. The Morgan fingerprint density at radius 2 is 1.74 bits per heavy atom. The van der Waals surface area contributed by atoms with E-state index in [1.807, 2.05) is 31.2 Å². The summed E-state index contributed by atoms with van der Waals surface area (Å²) in [6.07, 6.45) is 0. The van der Waals surface area contributed by atoms with E-state index >= 15 is 0 Å². The number of anilines is 2. The third kappa shape index (κ3) is 3.22. The molecule has 5 nitrogen and oxygen atoms in total. The van der Waals surface area contributed by atoms with Gasteiger partial charge >= 0.3 is 0 Å². The molecule has 0 aliphatic heterocycles. The lowest BCUT2D eigenvalue weighted by atomic mass is 10.2. The number of rotatable bonds is 4. The molecule has 0 aromatic heterocycles. The molecule has 0 radical (unpaired) electrons. The molecule has 19 heavy (non-hydrogen) atoms. The second-order valence-electron chi connectivity index (χ2n) is 3.92. The molecule has 0 aliphatic carbocycles. The molecule has 5 heteroatoms. The number of ether oxygens (including phenoxy) is 1. The molecule has 0 saturated heterocycles. The monoisotopic (exact) mass is 256 g/mol. The Balaban J connectivity index is 2.27. The van der Waals surface area contributed by atoms with E-state index in [0.717, 1.165) is 0 Å². The molecule has 0 aliphatic rings. The van der Waals surface area contributed by atoms with Crippen molar-refractivity contribution in [1.82, 2.24) is 0 Å². The molecule has 2 aromatic carbocycles. The molecule has 0 spiro atoms. The van der Waals surface area contributed by atoms with Crippen molar-refractivity contribution in [2.75, 3.05) is 18.1 Å². The highest BCUT2D eigenvalue weighted by atomic mass is 16.5. The molecule has 0 amide bonds. The lowest BCUT2D eigenvalue weighted by molar-refractivity contribution is 0.341. The summed E-state index contributed by atoms with van der Waals surface area (Å²) in [5.41, 5.74) is 13.8. The minimum atomic E-state index is 0.498. The van der Waals surface area contributed by atoms with Crippen molar-refractivity contribution in [1.29, 1.82) is 0 Å². The van der Waals surface area contributed by atoms with E-state index in [0.29, 0.717) is 35.1 Å². The Hall–Kier alpha value is -2.56. The Morgan fingerprint density at radius 3 is 2.47 bits per heavy atom. The van der Waals surface area contributed by atoms with Crippen molar-refractivity contribution in [2.45, 2.75) is 6.92 Å². The number of hydrogen-bond donors (Lipinski definition) is 2. The maximum Gasteiger partial charge on any atom is 0.146 e. The lowest BCUT2D eigenvalue weighted by Crippen LogP contribution is -1.91. The van der Waals surface area contributed by atoms with E-state index < -0.39 is 0 Å². The smallest absolute Gasteiger partial charge is 0.146 e. The highest BCUT2D eigenvalue weighted by molar-refractivity contribution is 5.67. The molecule has 0 atom stereocenters. The van der Waals surface area contributed by atoms with E-state index in [4.69, 9.17) is 16.2 Å². The van der Waals surface area contributed by atoms with E-state index in [-0.39, 0.29) is 0 Å². The van der Waals surface area contributed by atoms with E-state index in [9.17, 15) is 0 Å². The summed E-state index contributed by atoms with van der Waals surface area (Å²) in [5, 5.41) is 8.29. The van der Waals surface area contributed by atoms with E-state index in [1.165, 1.54) is 0 Å². The van der Waals surface area contributed by atoms with Gasteiger partial charge in [-0.1, -0.05) is 12.1 Å². The van der Waals surface area contributed by atoms with Gasteiger partial charge in [0.1, 0.15) is 17.1 Å². The molecule has 2 rings (SSSR count). The van der Waals surface area contributed by atoms with Gasteiger partial charge in [-0.2, -0.15) is 0 Å².